The molecule has 2 atom stereocenters. The van der Waals surface area contributed by atoms with Gasteiger partial charge >= 0.3 is 0 Å². The van der Waals surface area contributed by atoms with E-state index in [9.17, 15) is 4.79 Å². The van der Waals surface area contributed by atoms with Gasteiger partial charge < -0.3 is 14.8 Å². The Bertz CT molecular complexity index is 1120. The van der Waals surface area contributed by atoms with Crippen molar-refractivity contribution in [1.29, 1.82) is 0 Å². The molecule has 0 radical (unpaired) electrons. The second kappa shape index (κ2) is 8.58. The number of benzene rings is 1. The van der Waals surface area contributed by atoms with E-state index in [1.54, 1.807) is 17.1 Å². The second-order valence-electron chi connectivity index (χ2n) is 8.18. The lowest BCUT2D eigenvalue weighted by Crippen LogP contribution is -2.44. The minimum atomic E-state index is -0.189. The summed E-state index contributed by atoms with van der Waals surface area (Å²) in [5.74, 6) is 2.09. The number of ether oxygens (including phenoxy) is 2. The van der Waals surface area contributed by atoms with Gasteiger partial charge in [-0.3, -0.25) is 14.3 Å². The maximum Gasteiger partial charge on any atom is 0.237 e. The first-order valence-corrected chi connectivity index (χ1v) is 10.8. The van der Waals surface area contributed by atoms with Crippen LogP contribution in [0.4, 0.5) is 0 Å². The Hall–Kier alpha value is -3.46. The lowest BCUT2D eigenvalue weighted by molar-refractivity contribution is -0.126. The molecule has 9 heteroatoms. The number of imidazole rings is 1. The van der Waals surface area contributed by atoms with Crippen molar-refractivity contribution in [2.24, 2.45) is 0 Å². The van der Waals surface area contributed by atoms with Crippen LogP contribution in [0.25, 0.3) is 5.95 Å². The van der Waals surface area contributed by atoms with E-state index in [-0.39, 0.29) is 24.8 Å². The second-order valence-corrected chi connectivity index (χ2v) is 8.18. The molecule has 1 amide bonds. The minimum Gasteiger partial charge on any atom is -0.454 e. The Morgan fingerprint density at radius 3 is 2.97 bits per heavy atom. The van der Waals surface area contributed by atoms with Crippen LogP contribution < -0.4 is 14.8 Å². The molecule has 32 heavy (non-hydrogen) atoms. The van der Waals surface area contributed by atoms with Gasteiger partial charge in [0.15, 0.2) is 11.5 Å². The third-order valence-corrected chi connectivity index (χ3v) is 6.02. The summed E-state index contributed by atoms with van der Waals surface area (Å²) in [6.45, 7) is 5.60. The average molecular weight is 435 g/mol. The summed E-state index contributed by atoms with van der Waals surface area (Å²) in [7, 11) is 0. The van der Waals surface area contributed by atoms with Crippen molar-refractivity contribution in [1.82, 2.24) is 29.7 Å². The van der Waals surface area contributed by atoms with Gasteiger partial charge in [0, 0.05) is 24.6 Å². The zero-order valence-electron chi connectivity index (χ0n) is 18.2. The summed E-state index contributed by atoms with van der Waals surface area (Å²) in [6, 6.07) is 7.53. The molecule has 0 saturated carbocycles. The number of aromatic nitrogens is 4. The van der Waals surface area contributed by atoms with E-state index in [0.29, 0.717) is 12.5 Å². The van der Waals surface area contributed by atoms with Crippen LogP contribution in [0.2, 0.25) is 0 Å². The Morgan fingerprint density at radius 1 is 1.25 bits per heavy atom. The van der Waals surface area contributed by atoms with Gasteiger partial charge in [-0.2, -0.15) is 0 Å². The quantitative estimate of drug-likeness (QED) is 0.637. The lowest BCUT2D eigenvalue weighted by atomic mass is 10.1. The van der Waals surface area contributed by atoms with Gasteiger partial charge in [-0.05, 0) is 57.0 Å². The van der Waals surface area contributed by atoms with Crippen LogP contribution in [0.15, 0.2) is 43.0 Å². The molecule has 3 aromatic rings. The summed E-state index contributed by atoms with van der Waals surface area (Å²) in [6.07, 6.45) is 7.02. The number of likely N-dealkylation sites (tertiary alicyclic amines) is 1. The summed E-state index contributed by atoms with van der Waals surface area (Å²) in [5, 5.41) is 3.09. The van der Waals surface area contributed by atoms with Crippen LogP contribution in [-0.4, -0.2) is 49.7 Å². The molecule has 2 aromatic heterocycles. The van der Waals surface area contributed by atoms with Crippen molar-refractivity contribution < 1.29 is 14.3 Å². The topological polar surface area (TPSA) is 94.4 Å². The molecule has 2 aliphatic heterocycles. The van der Waals surface area contributed by atoms with Crippen molar-refractivity contribution in [2.75, 3.05) is 13.3 Å². The molecule has 0 spiro atoms. The van der Waals surface area contributed by atoms with Crippen molar-refractivity contribution in [2.45, 2.75) is 45.3 Å². The summed E-state index contributed by atoms with van der Waals surface area (Å²) in [5.41, 5.74) is 2.77. The molecule has 1 fully saturated rings. The molecule has 166 valence electrons. The molecule has 0 bridgehead atoms. The highest BCUT2D eigenvalue weighted by molar-refractivity contribution is 5.82. The first-order chi connectivity index (χ1) is 15.6. The van der Waals surface area contributed by atoms with Crippen LogP contribution in [0, 0.1) is 6.92 Å². The van der Waals surface area contributed by atoms with Gasteiger partial charge in [0.05, 0.1) is 17.8 Å². The van der Waals surface area contributed by atoms with Gasteiger partial charge in [0.25, 0.3) is 0 Å². The van der Waals surface area contributed by atoms with Crippen LogP contribution >= 0.6 is 0 Å². The first kappa shape index (κ1) is 20.4. The largest absolute Gasteiger partial charge is 0.454 e. The molecular weight excluding hydrogens is 408 g/mol. The van der Waals surface area contributed by atoms with Crippen molar-refractivity contribution in [3.05, 3.63) is 59.9 Å². The normalized spacial score (nSPS) is 18.6. The fourth-order valence-corrected chi connectivity index (χ4v) is 4.35. The van der Waals surface area contributed by atoms with Gasteiger partial charge in [-0.25, -0.2) is 15.0 Å². The lowest BCUT2D eigenvalue weighted by Gasteiger charge is -2.29. The Balaban J connectivity index is 1.28. The molecule has 2 unspecified atom stereocenters. The third-order valence-electron chi connectivity index (χ3n) is 6.02. The van der Waals surface area contributed by atoms with E-state index >= 15 is 0 Å². The predicted molar refractivity (Wildman–Crippen MR) is 116 cm³/mol. The van der Waals surface area contributed by atoms with Gasteiger partial charge in [0.1, 0.15) is 6.33 Å². The zero-order chi connectivity index (χ0) is 22.1. The molecule has 1 saturated heterocycles. The Morgan fingerprint density at radius 2 is 2.12 bits per heavy atom. The average Bonchev–Trinajstić information content (AvgIpc) is 3.57. The highest BCUT2D eigenvalue weighted by atomic mass is 16.7. The fraction of sp³-hybridized carbons (Fsp3) is 0.391. The molecule has 2 aliphatic rings. The van der Waals surface area contributed by atoms with E-state index in [2.05, 4.69) is 27.1 Å². The number of hydrogen-bond donors (Lipinski definition) is 1. The van der Waals surface area contributed by atoms with E-state index in [4.69, 9.17) is 14.5 Å². The van der Waals surface area contributed by atoms with Gasteiger partial charge in [0.2, 0.25) is 18.6 Å². The van der Waals surface area contributed by atoms with E-state index in [0.717, 1.165) is 47.8 Å². The molecule has 5 rings (SSSR count). The monoisotopic (exact) mass is 434 g/mol. The molecule has 1 aromatic carbocycles. The van der Waals surface area contributed by atoms with Crippen LogP contribution in [0.1, 0.15) is 42.8 Å². The van der Waals surface area contributed by atoms with Crippen LogP contribution in [0.5, 0.6) is 11.5 Å². The SMILES string of the molecule is Cc1cc(C(C)N2CCCC2C(=O)NCc2ccc3c(c2)OCO3)nc(-n2ccnc2)n1. The van der Waals surface area contributed by atoms with E-state index in [1.807, 2.05) is 37.4 Å². The number of hydrogen-bond acceptors (Lipinski definition) is 7. The molecular formula is C23H26N6O3. The number of amides is 1. The van der Waals surface area contributed by atoms with E-state index in [1.165, 1.54) is 0 Å². The third kappa shape index (κ3) is 4.03. The Kier molecular flexibility index (Phi) is 5.48. The Labute approximate surface area is 186 Å². The van der Waals surface area contributed by atoms with Gasteiger partial charge in [-0.15, -0.1) is 0 Å². The molecule has 9 nitrogen and oxygen atoms in total. The molecule has 0 aliphatic carbocycles. The number of nitrogens with zero attached hydrogens (tertiary/aromatic N) is 5. The summed E-state index contributed by atoms with van der Waals surface area (Å²) in [4.78, 5) is 28.7. The summed E-state index contributed by atoms with van der Waals surface area (Å²) >= 11 is 0. The zero-order valence-corrected chi connectivity index (χ0v) is 18.2. The summed E-state index contributed by atoms with van der Waals surface area (Å²) < 4.78 is 12.6. The number of fused-ring (bicyclic) bond motifs is 1. The number of rotatable bonds is 6. The fourth-order valence-electron chi connectivity index (χ4n) is 4.35. The highest BCUT2D eigenvalue weighted by Gasteiger charge is 2.35. The number of nitrogens with one attached hydrogen (secondary N) is 1. The first-order valence-electron chi connectivity index (χ1n) is 10.8. The molecule has 1 N–H and O–H groups in total. The number of carbonyl (C=O) groups excluding carboxylic acids is 1. The van der Waals surface area contributed by atoms with Crippen LogP contribution in [0.3, 0.4) is 0 Å². The minimum absolute atomic E-state index is 0.0113. The van der Waals surface area contributed by atoms with Gasteiger partial charge in [-0.1, -0.05) is 6.07 Å². The predicted octanol–water partition coefficient (Wildman–Crippen LogP) is 2.54. The molecule has 4 heterocycles. The maximum absolute atomic E-state index is 13.1. The van der Waals surface area contributed by atoms with Crippen molar-refractivity contribution >= 4 is 5.91 Å². The number of carbonyl (C=O) groups is 1. The number of aryl methyl sites for hydroxylation is 1. The van der Waals surface area contributed by atoms with Crippen molar-refractivity contribution in [3.8, 4) is 17.4 Å². The smallest absolute Gasteiger partial charge is 0.237 e. The maximum atomic E-state index is 13.1. The van der Waals surface area contributed by atoms with Crippen LogP contribution in [-0.2, 0) is 11.3 Å². The highest BCUT2D eigenvalue weighted by Crippen LogP contribution is 2.33. The van der Waals surface area contributed by atoms with Crippen molar-refractivity contribution in [3.63, 3.8) is 0 Å². The standard InChI is InChI=1S/C23H26N6O3/c1-15-10-18(27-23(26-15)28-9-7-24-13-28)16(2)29-8-3-4-19(29)22(30)25-12-17-5-6-20-21(11-17)32-14-31-20/h5-7,9-11,13,16,19H,3-4,8,12,14H2,1-2H3,(H,25,30). The van der Waals surface area contributed by atoms with E-state index < -0.39 is 0 Å².